The summed E-state index contributed by atoms with van der Waals surface area (Å²) < 4.78 is 35.0. The van der Waals surface area contributed by atoms with E-state index in [4.69, 9.17) is 4.74 Å². The molecule has 0 aliphatic carbocycles. The number of fused-ring (bicyclic) bond motifs is 1. The number of anilines is 1. The van der Waals surface area contributed by atoms with Crippen molar-refractivity contribution in [3.8, 4) is 11.5 Å². The van der Waals surface area contributed by atoms with Gasteiger partial charge in [0.25, 0.3) is 5.56 Å². The summed E-state index contributed by atoms with van der Waals surface area (Å²) in [4.78, 5) is 29.5. The molecule has 0 saturated heterocycles. The van der Waals surface area contributed by atoms with E-state index < -0.39 is 23.1 Å². The fourth-order valence-electron chi connectivity index (χ4n) is 3.57. The molecule has 0 saturated carbocycles. The number of carbonyl (C=O) groups excluding carboxylic acids is 1. The van der Waals surface area contributed by atoms with Crippen molar-refractivity contribution in [2.24, 2.45) is 0 Å². The van der Waals surface area contributed by atoms with Gasteiger partial charge >= 0.3 is 0 Å². The number of hydrogen-bond donors (Lipinski definition) is 1. The van der Waals surface area contributed by atoms with E-state index in [2.05, 4.69) is 20.6 Å². The van der Waals surface area contributed by atoms with E-state index >= 15 is 0 Å². The Hall–Kier alpha value is -4.93. The Kier molecular flexibility index (Phi) is 6.18. The molecule has 1 amide bonds. The zero-order chi connectivity index (χ0) is 25.1. The number of nitrogens with zero attached hydrogens (tertiary/aromatic N) is 5. The molecule has 180 valence electrons. The van der Waals surface area contributed by atoms with Gasteiger partial charge < -0.3 is 10.1 Å². The molecule has 0 atom stereocenters. The standard InChI is InChI=1S/C25H18F2N6O3/c26-17-10-16(11-18(27)12-17)13-33-24-23(30-31-33)25(35)32(15-28-24)14-22(34)29-19-6-8-21(9-7-19)36-20-4-2-1-3-5-20/h1-12,15H,13-14H2,(H,29,34). The molecule has 0 aliphatic heterocycles. The summed E-state index contributed by atoms with van der Waals surface area (Å²) in [5.74, 6) is -0.605. The van der Waals surface area contributed by atoms with Crippen LogP contribution >= 0.6 is 0 Å². The number of amides is 1. The summed E-state index contributed by atoms with van der Waals surface area (Å²) in [6.07, 6.45) is 1.20. The highest BCUT2D eigenvalue weighted by atomic mass is 19.1. The van der Waals surface area contributed by atoms with Crippen LogP contribution in [-0.2, 0) is 17.9 Å². The van der Waals surface area contributed by atoms with Crippen molar-refractivity contribution in [2.45, 2.75) is 13.1 Å². The molecule has 3 aromatic carbocycles. The van der Waals surface area contributed by atoms with Gasteiger partial charge in [-0.25, -0.2) is 18.4 Å². The molecule has 0 unspecified atom stereocenters. The van der Waals surface area contributed by atoms with Crippen molar-refractivity contribution in [2.75, 3.05) is 5.32 Å². The van der Waals surface area contributed by atoms with E-state index in [0.717, 1.165) is 22.8 Å². The molecule has 1 N–H and O–H groups in total. The van der Waals surface area contributed by atoms with Gasteiger partial charge in [0.15, 0.2) is 11.2 Å². The third-order valence-electron chi connectivity index (χ3n) is 5.18. The van der Waals surface area contributed by atoms with Crippen molar-refractivity contribution in [1.29, 1.82) is 0 Å². The van der Waals surface area contributed by atoms with Gasteiger partial charge in [-0.2, -0.15) is 0 Å². The van der Waals surface area contributed by atoms with Gasteiger partial charge in [0.05, 0.1) is 6.54 Å². The second-order valence-electron chi connectivity index (χ2n) is 7.86. The number of halogens is 2. The van der Waals surface area contributed by atoms with Crippen LogP contribution in [0.2, 0.25) is 0 Å². The summed E-state index contributed by atoms with van der Waals surface area (Å²) in [7, 11) is 0. The van der Waals surface area contributed by atoms with Crippen LogP contribution in [0, 0.1) is 11.6 Å². The van der Waals surface area contributed by atoms with Gasteiger partial charge in [-0.3, -0.25) is 14.2 Å². The second kappa shape index (κ2) is 9.74. The van der Waals surface area contributed by atoms with E-state index in [0.29, 0.717) is 22.7 Å². The lowest BCUT2D eigenvalue weighted by Gasteiger charge is -2.09. The topological polar surface area (TPSA) is 104 Å². The molecule has 0 aliphatic rings. The summed E-state index contributed by atoms with van der Waals surface area (Å²) in [5, 5.41) is 10.4. The van der Waals surface area contributed by atoms with Crippen LogP contribution in [-0.4, -0.2) is 30.5 Å². The van der Waals surface area contributed by atoms with Crippen LogP contribution in [0.3, 0.4) is 0 Å². The summed E-state index contributed by atoms with van der Waals surface area (Å²) in [6, 6.07) is 19.1. The molecule has 9 nitrogen and oxygen atoms in total. The van der Waals surface area contributed by atoms with Crippen LogP contribution < -0.4 is 15.6 Å². The van der Waals surface area contributed by atoms with Crippen LogP contribution in [0.25, 0.3) is 11.2 Å². The van der Waals surface area contributed by atoms with Crippen molar-refractivity contribution in [3.05, 3.63) is 107 Å². The lowest BCUT2D eigenvalue weighted by atomic mass is 10.2. The first-order valence-corrected chi connectivity index (χ1v) is 10.8. The third kappa shape index (κ3) is 5.09. The molecule has 0 radical (unpaired) electrons. The monoisotopic (exact) mass is 488 g/mol. The van der Waals surface area contributed by atoms with Crippen molar-refractivity contribution >= 4 is 22.8 Å². The molecule has 0 spiro atoms. The van der Waals surface area contributed by atoms with E-state index in [1.807, 2.05) is 30.3 Å². The zero-order valence-electron chi connectivity index (χ0n) is 18.6. The Bertz CT molecular complexity index is 1580. The number of aromatic nitrogens is 5. The van der Waals surface area contributed by atoms with Crippen molar-refractivity contribution < 1.29 is 18.3 Å². The maximum absolute atomic E-state index is 13.5. The van der Waals surface area contributed by atoms with E-state index in [-0.39, 0.29) is 24.3 Å². The molecule has 0 fully saturated rings. The molecule has 2 heterocycles. The number of ether oxygens (including phenoxy) is 1. The minimum atomic E-state index is -0.728. The third-order valence-corrected chi connectivity index (χ3v) is 5.18. The first kappa shape index (κ1) is 22.8. The first-order chi connectivity index (χ1) is 17.4. The highest BCUT2D eigenvalue weighted by Gasteiger charge is 2.15. The number of hydrogen-bond acceptors (Lipinski definition) is 6. The lowest BCUT2D eigenvalue weighted by Crippen LogP contribution is -2.28. The number of nitrogens with one attached hydrogen (secondary N) is 1. The van der Waals surface area contributed by atoms with Gasteiger partial charge in [-0.1, -0.05) is 23.4 Å². The second-order valence-corrected chi connectivity index (χ2v) is 7.86. The predicted octanol–water partition coefficient (Wildman–Crippen LogP) is 3.75. The normalized spacial score (nSPS) is 10.9. The van der Waals surface area contributed by atoms with Gasteiger partial charge in [0.1, 0.15) is 36.0 Å². The molecule has 0 bridgehead atoms. The fourth-order valence-corrected chi connectivity index (χ4v) is 3.57. The Balaban J connectivity index is 1.26. The predicted molar refractivity (Wildman–Crippen MR) is 127 cm³/mol. The number of carbonyl (C=O) groups is 1. The van der Waals surface area contributed by atoms with Gasteiger partial charge in [0.2, 0.25) is 5.91 Å². The van der Waals surface area contributed by atoms with Crippen LogP contribution in [0.5, 0.6) is 11.5 Å². The maximum Gasteiger partial charge on any atom is 0.283 e. The van der Waals surface area contributed by atoms with Crippen molar-refractivity contribution in [3.63, 3.8) is 0 Å². The Morgan fingerprint density at radius 1 is 0.944 bits per heavy atom. The van der Waals surface area contributed by atoms with Crippen molar-refractivity contribution in [1.82, 2.24) is 24.5 Å². The molecule has 36 heavy (non-hydrogen) atoms. The highest BCUT2D eigenvalue weighted by Crippen LogP contribution is 2.22. The Labute approximate surface area is 202 Å². The highest BCUT2D eigenvalue weighted by molar-refractivity contribution is 5.90. The first-order valence-electron chi connectivity index (χ1n) is 10.8. The Morgan fingerprint density at radius 2 is 1.64 bits per heavy atom. The molecule has 11 heteroatoms. The zero-order valence-corrected chi connectivity index (χ0v) is 18.6. The van der Waals surface area contributed by atoms with Gasteiger partial charge in [-0.15, -0.1) is 5.10 Å². The molecular weight excluding hydrogens is 470 g/mol. The van der Waals surface area contributed by atoms with E-state index in [9.17, 15) is 18.4 Å². The molecule has 5 rings (SSSR count). The number of rotatable bonds is 7. The van der Waals surface area contributed by atoms with E-state index in [1.165, 1.54) is 11.0 Å². The fraction of sp³-hybridized carbons (Fsp3) is 0.0800. The summed E-state index contributed by atoms with van der Waals surface area (Å²) in [6.45, 7) is -0.335. The SMILES string of the molecule is O=C(Cn1cnc2c(nnn2Cc2cc(F)cc(F)c2)c1=O)Nc1ccc(Oc2ccccc2)cc1. The minimum Gasteiger partial charge on any atom is -0.457 e. The molecule has 5 aromatic rings. The van der Waals surface area contributed by atoms with Gasteiger partial charge in [-0.05, 0) is 54.1 Å². The summed E-state index contributed by atoms with van der Waals surface area (Å²) in [5.41, 5.74) is 0.318. The quantitative estimate of drug-likeness (QED) is 0.374. The lowest BCUT2D eigenvalue weighted by molar-refractivity contribution is -0.116. The minimum absolute atomic E-state index is 0.0356. The molecular formula is C25H18F2N6O3. The average Bonchev–Trinajstić information content (AvgIpc) is 3.25. The summed E-state index contributed by atoms with van der Waals surface area (Å²) >= 11 is 0. The Morgan fingerprint density at radius 3 is 2.36 bits per heavy atom. The van der Waals surface area contributed by atoms with Gasteiger partial charge in [0, 0.05) is 11.8 Å². The molecule has 2 aromatic heterocycles. The largest absolute Gasteiger partial charge is 0.457 e. The number of benzene rings is 3. The average molecular weight is 488 g/mol. The van der Waals surface area contributed by atoms with E-state index in [1.54, 1.807) is 24.3 Å². The van der Waals surface area contributed by atoms with Crippen LogP contribution in [0.4, 0.5) is 14.5 Å². The van der Waals surface area contributed by atoms with Crippen LogP contribution in [0.1, 0.15) is 5.56 Å². The smallest absolute Gasteiger partial charge is 0.283 e. The maximum atomic E-state index is 13.5. The number of para-hydroxylation sites is 1. The van der Waals surface area contributed by atoms with Crippen LogP contribution in [0.15, 0.2) is 83.9 Å².